The van der Waals surface area contributed by atoms with Gasteiger partial charge in [0.25, 0.3) is 0 Å². The summed E-state index contributed by atoms with van der Waals surface area (Å²) in [5, 5.41) is 15.9. The van der Waals surface area contributed by atoms with Gasteiger partial charge in [-0.15, -0.1) is 11.3 Å². The summed E-state index contributed by atoms with van der Waals surface area (Å²) < 4.78 is 5.58. The molecule has 0 radical (unpaired) electrons. The fourth-order valence-corrected chi connectivity index (χ4v) is 4.83. The van der Waals surface area contributed by atoms with Crippen LogP contribution < -0.4 is 10.6 Å². The van der Waals surface area contributed by atoms with E-state index in [4.69, 9.17) is 4.74 Å². The minimum absolute atomic E-state index is 0.211. The number of rotatable bonds is 5. The number of pyridine rings is 1. The molecule has 0 bridgehead atoms. The molecule has 0 aromatic carbocycles. The van der Waals surface area contributed by atoms with E-state index >= 15 is 0 Å². The van der Waals surface area contributed by atoms with E-state index < -0.39 is 0 Å². The molecule has 2 N–H and O–H groups in total. The van der Waals surface area contributed by atoms with Crippen LogP contribution in [0.2, 0.25) is 0 Å². The number of nitrogens with one attached hydrogen (secondary N) is 2. The molecule has 4 rings (SSSR count). The van der Waals surface area contributed by atoms with Gasteiger partial charge in [-0.3, -0.25) is 9.78 Å². The summed E-state index contributed by atoms with van der Waals surface area (Å²) in [5.74, 6) is -0.304. The maximum atomic E-state index is 12.3. The van der Waals surface area contributed by atoms with Crippen LogP contribution >= 0.6 is 11.3 Å². The minimum Gasteiger partial charge on any atom is -0.446 e. The molecule has 0 saturated heterocycles. The zero-order valence-electron chi connectivity index (χ0n) is 16.4. The second-order valence-corrected chi connectivity index (χ2v) is 8.58. The van der Waals surface area contributed by atoms with Crippen molar-refractivity contribution in [2.24, 2.45) is 0 Å². The number of hydrogen-bond donors (Lipinski definition) is 2. The predicted molar refractivity (Wildman–Crippen MR) is 114 cm³/mol. The molecule has 2 amide bonds. The number of ether oxygens (including phenoxy) is 1. The van der Waals surface area contributed by atoms with Gasteiger partial charge in [0.15, 0.2) is 0 Å². The van der Waals surface area contributed by atoms with Crippen molar-refractivity contribution in [3.05, 3.63) is 52.2 Å². The molecule has 1 unspecified atom stereocenters. The molecule has 1 fully saturated rings. The summed E-state index contributed by atoms with van der Waals surface area (Å²) in [5.41, 5.74) is 2.28. The lowest BCUT2D eigenvalue weighted by Gasteiger charge is -2.28. The molecule has 0 aliphatic heterocycles. The van der Waals surface area contributed by atoms with Crippen molar-refractivity contribution < 1.29 is 14.3 Å². The van der Waals surface area contributed by atoms with E-state index in [2.05, 4.69) is 21.7 Å². The number of aromatic nitrogens is 1. The second-order valence-electron chi connectivity index (χ2n) is 7.47. The molecule has 2 aliphatic rings. The average Bonchev–Trinajstić information content (AvgIpc) is 3.06. The Morgan fingerprint density at radius 1 is 1.33 bits per heavy atom. The van der Waals surface area contributed by atoms with Gasteiger partial charge in [0.2, 0.25) is 5.91 Å². The topological polar surface area (TPSA) is 104 Å². The first-order valence-corrected chi connectivity index (χ1v) is 10.8. The Labute approximate surface area is 178 Å². The van der Waals surface area contributed by atoms with Gasteiger partial charge < -0.3 is 15.4 Å². The lowest BCUT2D eigenvalue weighted by atomic mass is 9.93. The molecule has 0 spiro atoms. The van der Waals surface area contributed by atoms with Crippen LogP contribution in [0, 0.1) is 11.3 Å². The Morgan fingerprint density at radius 3 is 2.90 bits per heavy atom. The second kappa shape index (κ2) is 9.09. The molecular weight excluding hydrogens is 400 g/mol. The van der Waals surface area contributed by atoms with Crippen LogP contribution in [-0.4, -0.2) is 29.1 Å². The molecule has 7 nitrogen and oxygen atoms in total. The number of carbonyl (C=O) groups excluding carboxylic acids is 2. The van der Waals surface area contributed by atoms with Crippen LogP contribution in [0.4, 0.5) is 9.80 Å². The van der Waals surface area contributed by atoms with E-state index in [0.29, 0.717) is 29.8 Å². The van der Waals surface area contributed by atoms with E-state index in [0.717, 1.165) is 35.3 Å². The van der Waals surface area contributed by atoms with Crippen molar-refractivity contribution in [2.45, 2.75) is 50.7 Å². The Morgan fingerprint density at radius 2 is 2.20 bits per heavy atom. The van der Waals surface area contributed by atoms with Crippen LogP contribution in [0.25, 0.3) is 6.08 Å². The molecular formula is C22H22N4O3S. The summed E-state index contributed by atoms with van der Waals surface area (Å²) in [6.07, 6.45) is 10.9. The Bertz CT molecular complexity index is 1010. The van der Waals surface area contributed by atoms with Gasteiger partial charge >= 0.3 is 6.09 Å². The third kappa shape index (κ3) is 4.69. The van der Waals surface area contributed by atoms with Crippen LogP contribution in [0.5, 0.6) is 0 Å². The molecule has 2 aliphatic carbocycles. The third-order valence-corrected chi connectivity index (χ3v) is 6.55. The zero-order chi connectivity index (χ0) is 20.9. The third-order valence-electron chi connectivity index (χ3n) is 5.38. The normalized spacial score (nSPS) is 18.2. The van der Waals surface area contributed by atoms with Crippen molar-refractivity contribution in [2.75, 3.05) is 5.32 Å². The van der Waals surface area contributed by atoms with Gasteiger partial charge in [-0.05, 0) is 55.4 Å². The van der Waals surface area contributed by atoms with E-state index in [9.17, 15) is 14.9 Å². The SMILES string of the molecule is N#Cc1c(NC(=O)/C=C/c2cccnc2)sc2c1CCC(OC(=O)NC1CCC1)C2. The van der Waals surface area contributed by atoms with Crippen molar-refractivity contribution >= 4 is 34.4 Å². The highest BCUT2D eigenvalue weighted by atomic mass is 32.1. The summed E-state index contributed by atoms with van der Waals surface area (Å²) in [6, 6.07) is 6.11. The molecule has 154 valence electrons. The Balaban J connectivity index is 1.39. The Hall–Kier alpha value is -3.18. The van der Waals surface area contributed by atoms with Gasteiger partial charge in [-0.25, -0.2) is 4.79 Å². The van der Waals surface area contributed by atoms with E-state index in [-0.39, 0.29) is 24.1 Å². The van der Waals surface area contributed by atoms with Gasteiger partial charge in [-0.1, -0.05) is 6.07 Å². The van der Waals surface area contributed by atoms with Gasteiger partial charge in [0.05, 0.1) is 5.56 Å². The molecule has 8 heteroatoms. The van der Waals surface area contributed by atoms with Gasteiger partial charge in [0, 0.05) is 35.8 Å². The first kappa shape index (κ1) is 20.1. The number of alkyl carbamates (subject to hydrolysis) is 1. The standard InChI is InChI=1S/C22H22N4O3S/c23-12-18-17-8-7-16(29-22(28)25-15-4-1-5-15)11-19(17)30-21(18)26-20(27)9-6-14-3-2-10-24-13-14/h2-3,6,9-10,13,15-16H,1,4-5,7-8,11H2,(H,25,28)(H,26,27)/b9-6+. The van der Waals surface area contributed by atoms with Crippen molar-refractivity contribution in [3.8, 4) is 6.07 Å². The first-order valence-electron chi connectivity index (χ1n) is 10.0. The number of anilines is 1. The molecule has 2 aromatic rings. The number of amides is 2. The zero-order valence-corrected chi connectivity index (χ0v) is 17.2. The van der Waals surface area contributed by atoms with E-state index in [1.807, 2.05) is 6.07 Å². The summed E-state index contributed by atoms with van der Waals surface area (Å²) in [7, 11) is 0. The summed E-state index contributed by atoms with van der Waals surface area (Å²) in [4.78, 5) is 29.3. The van der Waals surface area contributed by atoms with Crippen molar-refractivity contribution in [1.82, 2.24) is 10.3 Å². The molecule has 1 atom stereocenters. The monoisotopic (exact) mass is 422 g/mol. The number of thiophene rings is 1. The fourth-order valence-electron chi connectivity index (χ4n) is 3.57. The van der Waals surface area contributed by atoms with Crippen LogP contribution in [0.15, 0.2) is 30.6 Å². The highest BCUT2D eigenvalue weighted by Gasteiger charge is 2.29. The highest BCUT2D eigenvalue weighted by Crippen LogP contribution is 2.38. The lowest BCUT2D eigenvalue weighted by molar-refractivity contribution is -0.111. The number of nitriles is 1. The summed E-state index contributed by atoms with van der Waals surface area (Å²) >= 11 is 1.38. The summed E-state index contributed by atoms with van der Waals surface area (Å²) in [6.45, 7) is 0. The van der Waals surface area contributed by atoms with Crippen LogP contribution in [0.3, 0.4) is 0 Å². The molecule has 2 aromatic heterocycles. The molecule has 1 saturated carbocycles. The first-order chi connectivity index (χ1) is 14.6. The van der Waals surface area contributed by atoms with Crippen molar-refractivity contribution in [1.29, 1.82) is 5.26 Å². The predicted octanol–water partition coefficient (Wildman–Crippen LogP) is 3.80. The number of nitrogens with zero attached hydrogens (tertiary/aromatic N) is 2. The lowest BCUT2D eigenvalue weighted by Crippen LogP contribution is -2.41. The van der Waals surface area contributed by atoms with E-state index in [1.165, 1.54) is 17.4 Å². The quantitative estimate of drug-likeness (QED) is 0.713. The van der Waals surface area contributed by atoms with Crippen LogP contribution in [0.1, 0.15) is 47.3 Å². The fraction of sp³-hybridized carbons (Fsp3) is 0.364. The number of carbonyl (C=O) groups is 2. The Kier molecular flexibility index (Phi) is 6.10. The smallest absolute Gasteiger partial charge is 0.407 e. The number of fused-ring (bicyclic) bond motifs is 1. The molecule has 30 heavy (non-hydrogen) atoms. The highest BCUT2D eigenvalue weighted by molar-refractivity contribution is 7.16. The van der Waals surface area contributed by atoms with Gasteiger partial charge in [-0.2, -0.15) is 5.26 Å². The largest absolute Gasteiger partial charge is 0.446 e. The average molecular weight is 423 g/mol. The van der Waals surface area contributed by atoms with Gasteiger partial charge in [0.1, 0.15) is 17.2 Å². The minimum atomic E-state index is -0.362. The maximum absolute atomic E-state index is 12.3. The van der Waals surface area contributed by atoms with Crippen LogP contribution in [-0.2, 0) is 22.4 Å². The number of hydrogen-bond acceptors (Lipinski definition) is 6. The maximum Gasteiger partial charge on any atom is 0.407 e. The molecule has 2 heterocycles. The van der Waals surface area contributed by atoms with E-state index in [1.54, 1.807) is 24.5 Å². The van der Waals surface area contributed by atoms with Crippen molar-refractivity contribution in [3.63, 3.8) is 0 Å².